The molecule has 6 heteroatoms. The number of allylic oxidation sites excluding steroid dienone is 2. The third-order valence-electron chi connectivity index (χ3n) is 5.94. The number of hydrogen-bond donors (Lipinski definition) is 1. The molecule has 172 valence electrons. The lowest BCUT2D eigenvalue weighted by Crippen LogP contribution is -2.21. The molecule has 0 saturated carbocycles. The summed E-state index contributed by atoms with van der Waals surface area (Å²) in [6, 6.07) is 9.46. The Morgan fingerprint density at radius 1 is 1.06 bits per heavy atom. The van der Waals surface area contributed by atoms with Gasteiger partial charge in [-0.2, -0.15) is 13.2 Å². The maximum Gasteiger partial charge on any atom is 0.416 e. The van der Waals surface area contributed by atoms with E-state index in [1.807, 2.05) is 6.92 Å². The molecule has 0 radical (unpaired) electrons. The van der Waals surface area contributed by atoms with E-state index in [0.717, 1.165) is 47.2 Å². The van der Waals surface area contributed by atoms with Crippen molar-refractivity contribution in [2.75, 3.05) is 5.75 Å². The van der Waals surface area contributed by atoms with Gasteiger partial charge in [-0.15, -0.1) is 11.8 Å². The molecule has 3 rings (SSSR count). The van der Waals surface area contributed by atoms with Gasteiger partial charge in [-0.05, 0) is 72.7 Å². The number of benzene rings is 2. The van der Waals surface area contributed by atoms with Gasteiger partial charge in [0.15, 0.2) is 5.78 Å². The third-order valence-corrected chi connectivity index (χ3v) is 6.96. The maximum absolute atomic E-state index is 13.1. The Balaban J connectivity index is 1.72. The average molecular weight is 463 g/mol. The number of rotatable bonds is 7. The molecule has 1 aliphatic carbocycles. The molecule has 1 N–H and O–H groups in total. The lowest BCUT2D eigenvalue weighted by atomic mass is 9.79. The number of hydrogen-bond acceptors (Lipinski definition) is 3. The highest BCUT2D eigenvalue weighted by Gasteiger charge is 2.32. The van der Waals surface area contributed by atoms with Crippen molar-refractivity contribution in [2.45, 2.75) is 63.9 Å². The van der Waals surface area contributed by atoms with E-state index in [-0.39, 0.29) is 17.5 Å². The van der Waals surface area contributed by atoms with E-state index in [1.165, 1.54) is 17.8 Å². The topological polar surface area (TPSA) is 37.3 Å². The van der Waals surface area contributed by atoms with Crippen LogP contribution < -0.4 is 0 Å². The lowest BCUT2D eigenvalue weighted by molar-refractivity contribution is -0.137. The second-order valence-electron chi connectivity index (χ2n) is 8.35. The maximum atomic E-state index is 13.1. The highest BCUT2D eigenvalue weighted by molar-refractivity contribution is 7.99. The first-order chi connectivity index (χ1) is 15.1. The molecular weight excluding hydrogens is 433 g/mol. The van der Waals surface area contributed by atoms with Crippen LogP contribution in [0.4, 0.5) is 13.2 Å². The van der Waals surface area contributed by atoms with Crippen molar-refractivity contribution in [3.8, 4) is 0 Å². The van der Waals surface area contributed by atoms with Crippen LogP contribution in [0.2, 0.25) is 0 Å². The quantitative estimate of drug-likeness (QED) is 0.431. The van der Waals surface area contributed by atoms with Gasteiger partial charge in [-0.25, -0.2) is 0 Å². The van der Waals surface area contributed by atoms with Crippen molar-refractivity contribution >= 4 is 23.1 Å². The van der Waals surface area contributed by atoms with Gasteiger partial charge in [0.05, 0.1) is 11.1 Å². The van der Waals surface area contributed by atoms with Crippen LogP contribution in [0.1, 0.15) is 60.9 Å². The minimum Gasteiger partial charge on any atom is -0.512 e. The predicted molar refractivity (Wildman–Crippen MR) is 124 cm³/mol. The summed E-state index contributed by atoms with van der Waals surface area (Å²) in [5.74, 6) is 0.678. The Bertz CT molecular complexity index is 999. The SMILES string of the molecule is CCc1cc(C)cc(CC)c1C1=C(O)CC(CCSc2cccc(C(F)(F)F)c2)CC1=O. The molecule has 0 saturated heterocycles. The van der Waals surface area contributed by atoms with Gasteiger partial charge in [0.1, 0.15) is 5.76 Å². The Morgan fingerprint density at radius 2 is 1.72 bits per heavy atom. The molecule has 1 aliphatic rings. The van der Waals surface area contributed by atoms with Gasteiger partial charge >= 0.3 is 6.18 Å². The number of Topliss-reactive ketones (excluding diaryl/α,β-unsaturated/α-hetero) is 1. The molecule has 1 atom stereocenters. The summed E-state index contributed by atoms with van der Waals surface area (Å²) in [6.45, 7) is 6.14. The van der Waals surface area contributed by atoms with Gasteiger partial charge < -0.3 is 5.11 Å². The second-order valence-corrected chi connectivity index (χ2v) is 9.52. The van der Waals surface area contributed by atoms with Crippen LogP contribution in [-0.4, -0.2) is 16.6 Å². The van der Waals surface area contributed by atoms with Crippen molar-refractivity contribution in [1.82, 2.24) is 0 Å². The first kappa shape index (κ1) is 24.4. The number of halogens is 3. The van der Waals surface area contributed by atoms with Crippen LogP contribution in [-0.2, 0) is 23.8 Å². The molecular formula is C26H29F3O2S. The second kappa shape index (κ2) is 10.2. The normalized spacial score (nSPS) is 17.2. The molecule has 32 heavy (non-hydrogen) atoms. The fourth-order valence-corrected chi connectivity index (χ4v) is 5.46. The summed E-state index contributed by atoms with van der Waals surface area (Å²) in [7, 11) is 0. The number of thioether (sulfide) groups is 1. The van der Waals surface area contributed by atoms with Crippen LogP contribution in [0.5, 0.6) is 0 Å². The number of carbonyl (C=O) groups is 1. The van der Waals surface area contributed by atoms with E-state index >= 15 is 0 Å². The molecule has 0 fully saturated rings. The molecule has 0 aromatic heterocycles. The summed E-state index contributed by atoms with van der Waals surface area (Å²) < 4.78 is 38.7. The van der Waals surface area contributed by atoms with Crippen LogP contribution in [0, 0.1) is 12.8 Å². The molecule has 0 heterocycles. The number of aryl methyl sites for hydroxylation is 3. The average Bonchev–Trinajstić information content (AvgIpc) is 2.73. The van der Waals surface area contributed by atoms with Crippen molar-refractivity contribution in [1.29, 1.82) is 0 Å². The van der Waals surface area contributed by atoms with E-state index in [1.54, 1.807) is 6.07 Å². The fraction of sp³-hybridized carbons (Fsp3) is 0.423. The Labute approximate surface area is 191 Å². The van der Waals surface area contributed by atoms with Crippen molar-refractivity contribution in [2.24, 2.45) is 5.92 Å². The number of aliphatic hydroxyl groups excluding tert-OH is 1. The molecule has 0 spiro atoms. The van der Waals surface area contributed by atoms with Gasteiger partial charge in [-0.3, -0.25) is 4.79 Å². The minimum atomic E-state index is -4.36. The van der Waals surface area contributed by atoms with E-state index in [2.05, 4.69) is 26.0 Å². The van der Waals surface area contributed by atoms with E-state index in [0.29, 0.717) is 35.5 Å². The fourth-order valence-electron chi connectivity index (χ4n) is 4.39. The predicted octanol–water partition coefficient (Wildman–Crippen LogP) is 7.57. The summed E-state index contributed by atoms with van der Waals surface area (Å²) >= 11 is 1.35. The van der Waals surface area contributed by atoms with Crippen molar-refractivity contribution in [3.63, 3.8) is 0 Å². The molecule has 2 aromatic carbocycles. The summed E-state index contributed by atoms with van der Waals surface area (Å²) in [5.41, 5.74) is 4.00. The minimum absolute atomic E-state index is 0.00912. The zero-order valence-corrected chi connectivity index (χ0v) is 19.5. The molecule has 2 nitrogen and oxygen atoms in total. The van der Waals surface area contributed by atoms with Crippen LogP contribution in [0.25, 0.3) is 5.57 Å². The molecule has 0 aliphatic heterocycles. The monoisotopic (exact) mass is 462 g/mol. The number of aliphatic hydroxyl groups is 1. The first-order valence-electron chi connectivity index (χ1n) is 11.0. The van der Waals surface area contributed by atoms with Gasteiger partial charge in [0.25, 0.3) is 0 Å². The Kier molecular flexibility index (Phi) is 7.75. The first-order valence-corrected chi connectivity index (χ1v) is 12.0. The van der Waals surface area contributed by atoms with Gasteiger partial charge in [0.2, 0.25) is 0 Å². The smallest absolute Gasteiger partial charge is 0.416 e. The summed E-state index contributed by atoms with van der Waals surface area (Å²) in [4.78, 5) is 13.6. The molecule has 1 unspecified atom stereocenters. The standard InChI is InChI=1S/C26H29F3O2S/c1-4-18-11-16(3)12-19(5-2)24(18)25-22(30)13-17(14-23(25)31)9-10-32-21-8-6-7-20(15-21)26(27,28)29/h6-8,11-12,15,17,30H,4-5,9-10,13-14H2,1-3H3. The van der Waals surface area contributed by atoms with Crippen molar-refractivity contribution in [3.05, 3.63) is 70.0 Å². The van der Waals surface area contributed by atoms with Crippen LogP contribution in [0.3, 0.4) is 0 Å². The lowest BCUT2D eigenvalue weighted by Gasteiger charge is -2.26. The molecule has 2 aromatic rings. The van der Waals surface area contributed by atoms with Crippen molar-refractivity contribution < 1.29 is 23.1 Å². The molecule has 0 bridgehead atoms. The highest BCUT2D eigenvalue weighted by Crippen LogP contribution is 2.38. The number of carbonyl (C=O) groups excluding carboxylic acids is 1. The van der Waals surface area contributed by atoms with E-state index < -0.39 is 11.7 Å². The third kappa shape index (κ3) is 5.58. The van der Waals surface area contributed by atoms with E-state index in [9.17, 15) is 23.1 Å². The van der Waals surface area contributed by atoms with Crippen LogP contribution >= 0.6 is 11.8 Å². The van der Waals surface area contributed by atoms with Crippen LogP contribution in [0.15, 0.2) is 47.1 Å². The Hall–Kier alpha value is -2.21. The Morgan fingerprint density at radius 3 is 2.28 bits per heavy atom. The molecule has 0 amide bonds. The zero-order valence-electron chi connectivity index (χ0n) is 18.7. The summed E-state index contributed by atoms with van der Waals surface area (Å²) in [6.07, 6.45) is -1.37. The van der Waals surface area contributed by atoms with Gasteiger partial charge in [-0.1, -0.05) is 37.6 Å². The van der Waals surface area contributed by atoms with Gasteiger partial charge in [0, 0.05) is 17.7 Å². The number of ketones is 1. The summed E-state index contributed by atoms with van der Waals surface area (Å²) in [5, 5.41) is 10.8. The van der Waals surface area contributed by atoms with E-state index in [4.69, 9.17) is 0 Å². The number of alkyl halides is 3. The zero-order chi connectivity index (χ0) is 23.5. The largest absolute Gasteiger partial charge is 0.512 e. The highest BCUT2D eigenvalue weighted by atomic mass is 32.2.